The lowest BCUT2D eigenvalue weighted by Gasteiger charge is -2.27. The Labute approximate surface area is 135 Å². The topological polar surface area (TPSA) is 64.3 Å². The average Bonchev–Trinajstić information content (AvgIpc) is 2.42. The number of hydrogen-bond acceptors (Lipinski definition) is 3. The van der Waals surface area contributed by atoms with E-state index in [1.54, 1.807) is 13.2 Å². The molecule has 6 heteroatoms. The van der Waals surface area contributed by atoms with E-state index in [-0.39, 0.29) is 17.9 Å². The highest BCUT2D eigenvalue weighted by Crippen LogP contribution is 2.35. The lowest BCUT2D eigenvalue weighted by Crippen LogP contribution is -2.40. The molecule has 20 heavy (non-hydrogen) atoms. The summed E-state index contributed by atoms with van der Waals surface area (Å²) in [5.74, 6) is 0.559. The highest BCUT2D eigenvalue weighted by molar-refractivity contribution is 9.11. The molecule has 4 nitrogen and oxygen atoms in total. The van der Waals surface area contributed by atoms with Crippen LogP contribution in [-0.2, 0) is 4.79 Å². The molecule has 1 aromatic rings. The summed E-state index contributed by atoms with van der Waals surface area (Å²) in [6.45, 7) is 0. The first-order valence-corrected chi connectivity index (χ1v) is 8.21. The van der Waals surface area contributed by atoms with Crippen LogP contribution in [0.15, 0.2) is 21.1 Å². The monoisotopic (exact) mass is 404 g/mol. The van der Waals surface area contributed by atoms with Crippen molar-refractivity contribution in [1.29, 1.82) is 0 Å². The quantitative estimate of drug-likeness (QED) is 0.806. The summed E-state index contributed by atoms with van der Waals surface area (Å²) in [5, 5.41) is 2.95. The maximum atomic E-state index is 12.4. The van der Waals surface area contributed by atoms with E-state index in [0.717, 1.165) is 34.6 Å². The highest BCUT2D eigenvalue weighted by atomic mass is 79.9. The maximum absolute atomic E-state index is 12.4. The van der Waals surface area contributed by atoms with Gasteiger partial charge in [0.15, 0.2) is 0 Å². The fourth-order valence-corrected chi connectivity index (χ4v) is 3.75. The molecule has 110 valence electrons. The number of rotatable bonds is 3. The third kappa shape index (κ3) is 3.54. The molecule has 2 unspecified atom stereocenters. The van der Waals surface area contributed by atoms with Gasteiger partial charge in [0, 0.05) is 16.6 Å². The Bertz CT molecular complexity index is 508. The predicted molar refractivity (Wildman–Crippen MR) is 87.0 cm³/mol. The molecule has 1 aliphatic rings. The van der Waals surface area contributed by atoms with Crippen molar-refractivity contribution in [2.24, 2.45) is 11.7 Å². The van der Waals surface area contributed by atoms with Gasteiger partial charge in [-0.1, -0.05) is 12.8 Å². The molecule has 1 aromatic carbocycles. The van der Waals surface area contributed by atoms with Crippen LogP contribution in [0.1, 0.15) is 25.7 Å². The molecule has 2 rings (SSSR count). The standard InChI is InChI=1S/C14H18Br2N2O2/c1-20-13-7-12(9(15)6-10(13)16)18-14(19)8-4-2-3-5-11(8)17/h6-8,11H,2-5,17H2,1H3,(H,18,19). The van der Waals surface area contributed by atoms with Gasteiger partial charge in [0.05, 0.1) is 23.2 Å². The van der Waals surface area contributed by atoms with E-state index in [2.05, 4.69) is 37.2 Å². The van der Waals surface area contributed by atoms with Gasteiger partial charge in [-0.2, -0.15) is 0 Å². The minimum Gasteiger partial charge on any atom is -0.495 e. The Kier molecular flexibility index (Phi) is 5.46. The third-order valence-corrected chi connectivity index (χ3v) is 4.93. The molecule has 0 aromatic heterocycles. The van der Waals surface area contributed by atoms with Crippen molar-refractivity contribution in [2.45, 2.75) is 31.7 Å². The van der Waals surface area contributed by atoms with Gasteiger partial charge in [-0.05, 0) is 50.8 Å². The SMILES string of the molecule is COc1cc(NC(=O)C2CCCCC2N)c(Br)cc1Br. The summed E-state index contributed by atoms with van der Waals surface area (Å²) < 4.78 is 6.89. The average molecular weight is 406 g/mol. The number of carbonyl (C=O) groups is 1. The van der Waals surface area contributed by atoms with Gasteiger partial charge in [0.2, 0.25) is 5.91 Å². The minimum absolute atomic E-state index is 0.0118. The zero-order chi connectivity index (χ0) is 14.7. The second kappa shape index (κ2) is 6.91. The van der Waals surface area contributed by atoms with Crippen molar-refractivity contribution >= 4 is 43.5 Å². The lowest BCUT2D eigenvalue weighted by molar-refractivity contribution is -0.121. The Morgan fingerprint density at radius 1 is 1.30 bits per heavy atom. The van der Waals surface area contributed by atoms with Crippen LogP contribution in [0.5, 0.6) is 5.75 Å². The number of ether oxygens (including phenoxy) is 1. The number of benzene rings is 1. The summed E-state index contributed by atoms with van der Waals surface area (Å²) in [7, 11) is 1.59. The normalized spacial score (nSPS) is 22.4. The van der Waals surface area contributed by atoms with Crippen LogP contribution in [0.25, 0.3) is 0 Å². The first-order chi connectivity index (χ1) is 9.52. The van der Waals surface area contributed by atoms with Crippen molar-refractivity contribution in [2.75, 3.05) is 12.4 Å². The van der Waals surface area contributed by atoms with E-state index in [4.69, 9.17) is 10.5 Å². The number of carbonyl (C=O) groups excluding carboxylic acids is 1. The van der Waals surface area contributed by atoms with Gasteiger partial charge in [-0.3, -0.25) is 4.79 Å². The summed E-state index contributed by atoms with van der Waals surface area (Å²) in [6.07, 6.45) is 3.96. The Balaban J connectivity index is 2.14. The Morgan fingerprint density at radius 2 is 2.00 bits per heavy atom. The van der Waals surface area contributed by atoms with E-state index >= 15 is 0 Å². The van der Waals surface area contributed by atoms with Crippen molar-refractivity contribution in [1.82, 2.24) is 0 Å². The zero-order valence-corrected chi connectivity index (χ0v) is 14.5. The number of nitrogens with two attached hydrogens (primary N) is 1. The molecule has 0 bridgehead atoms. The smallest absolute Gasteiger partial charge is 0.229 e. The highest BCUT2D eigenvalue weighted by Gasteiger charge is 2.28. The molecule has 0 spiro atoms. The van der Waals surface area contributed by atoms with Crippen molar-refractivity contribution in [3.63, 3.8) is 0 Å². The van der Waals surface area contributed by atoms with E-state index < -0.39 is 0 Å². The van der Waals surface area contributed by atoms with Gasteiger partial charge < -0.3 is 15.8 Å². The van der Waals surface area contributed by atoms with Gasteiger partial charge >= 0.3 is 0 Å². The second-order valence-corrected chi connectivity index (χ2v) is 6.72. The summed E-state index contributed by atoms with van der Waals surface area (Å²) in [5.41, 5.74) is 6.75. The molecule has 3 N–H and O–H groups in total. The number of amides is 1. The Hall–Kier alpha value is -0.590. The summed E-state index contributed by atoms with van der Waals surface area (Å²) >= 11 is 6.85. The van der Waals surface area contributed by atoms with E-state index in [9.17, 15) is 4.79 Å². The maximum Gasteiger partial charge on any atom is 0.229 e. The fourth-order valence-electron chi connectivity index (χ4n) is 2.49. The molecular weight excluding hydrogens is 388 g/mol. The second-order valence-electron chi connectivity index (χ2n) is 5.01. The molecule has 0 radical (unpaired) electrons. The molecule has 1 aliphatic carbocycles. The van der Waals surface area contributed by atoms with Crippen molar-refractivity contribution in [3.8, 4) is 5.75 Å². The third-order valence-electron chi connectivity index (χ3n) is 3.66. The Morgan fingerprint density at radius 3 is 2.65 bits per heavy atom. The molecule has 0 saturated heterocycles. The van der Waals surface area contributed by atoms with Crippen LogP contribution < -0.4 is 15.8 Å². The van der Waals surface area contributed by atoms with Gasteiger partial charge in [0.1, 0.15) is 5.75 Å². The number of anilines is 1. The zero-order valence-electron chi connectivity index (χ0n) is 11.3. The molecular formula is C14H18Br2N2O2. The van der Waals surface area contributed by atoms with Crippen LogP contribution >= 0.6 is 31.9 Å². The minimum atomic E-state index is -0.106. The van der Waals surface area contributed by atoms with E-state index in [0.29, 0.717) is 11.4 Å². The van der Waals surface area contributed by atoms with Crippen LogP contribution in [0.3, 0.4) is 0 Å². The predicted octanol–water partition coefficient (Wildman–Crippen LogP) is 3.68. The fraction of sp³-hybridized carbons (Fsp3) is 0.500. The van der Waals surface area contributed by atoms with Crippen molar-refractivity contribution in [3.05, 3.63) is 21.1 Å². The molecule has 0 aliphatic heterocycles. The summed E-state index contributed by atoms with van der Waals surface area (Å²) in [4.78, 5) is 12.4. The van der Waals surface area contributed by atoms with Gasteiger partial charge in [0.25, 0.3) is 0 Å². The van der Waals surface area contributed by atoms with Crippen LogP contribution in [-0.4, -0.2) is 19.1 Å². The summed E-state index contributed by atoms with van der Waals surface area (Å²) in [6, 6.07) is 3.61. The van der Waals surface area contributed by atoms with E-state index in [1.807, 2.05) is 6.07 Å². The number of nitrogens with one attached hydrogen (secondary N) is 1. The molecule has 0 heterocycles. The molecule has 1 saturated carbocycles. The van der Waals surface area contributed by atoms with E-state index in [1.165, 1.54) is 0 Å². The van der Waals surface area contributed by atoms with Crippen LogP contribution in [0.4, 0.5) is 5.69 Å². The molecule has 1 fully saturated rings. The molecule has 2 atom stereocenters. The first kappa shape index (κ1) is 15.8. The van der Waals surface area contributed by atoms with Gasteiger partial charge in [-0.25, -0.2) is 0 Å². The molecule has 1 amide bonds. The largest absolute Gasteiger partial charge is 0.495 e. The first-order valence-electron chi connectivity index (χ1n) is 6.62. The van der Waals surface area contributed by atoms with Crippen LogP contribution in [0.2, 0.25) is 0 Å². The van der Waals surface area contributed by atoms with Gasteiger partial charge in [-0.15, -0.1) is 0 Å². The van der Waals surface area contributed by atoms with Crippen LogP contribution in [0, 0.1) is 5.92 Å². The van der Waals surface area contributed by atoms with Crippen molar-refractivity contribution < 1.29 is 9.53 Å². The number of hydrogen-bond donors (Lipinski definition) is 2. The lowest BCUT2D eigenvalue weighted by atomic mass is 9.84. The number of methoxy groups -OCH3 is 1. The number of halogens is 2.